The van der Waals surface area contributed by atoms with Gasteiger partial charge in [0.2, 0.25) is 0 Å². The molecule has 0 bridgehead atoms. The summed E-state index contributed by atoms with van der Waals surface area (Å²) < 4.78 is 6.01. The third-order valence-electron chi connectivity index (χ3n) is 4.27. The van der Waals surface area contributed by atoms with E-state index in [1.165, 1.54) is 5.56 Å². The normalized spacial score (nSPS) is 11.2. The Labute approximate surface area is 134 Å². The van der Waals surface area contributed by atoms with Crippen molar-refractivity contribution in [3.8, 4) is 11.3 Å². The molecule has 0 spiro atoms. The largest absolute Gasteiger partial charge is 0.456 e. The van der Waals surface area contributed by atoms with E-state index in [1.54, 1.807) is 6.07 Å². The Hall–Kier alpha value is -2.87. The molecule has 4 aromatic rings. The fourth-order valence-corrected chi connectivity index (χ4v) is 2.98. The van der Waals surface area contributed by atoms with Crippen molar-refractivity contribution in [3.63, 3.8) is 0 Å². The topological polar surface area (TPSA) is 30.2 Å². The summed E-state index contributed by atoms with van der Waals surface area (Å²) in [5, 5.41) is 2.64. The smallest absolute Gasteiger partial charge is 0.193 e. The van der Waals surface area contributed by atoms with Gasteiger partial charge in [-0.25, -0.2) is 0 Å². The summed E-state index contributed by atoms with van der Waals surface area (Å²) >= 11 is 0. The molecule has 4 rings (SSSR count). The fraction of sp³-hybridized carbons (Fsp3) is 0.0952. The van der Waals surface area contributed by atoms with Gasteiger partial charge in [-0.15, -0.1) is 0 Å². The van der Waals surface area contributed by atoms with Crippen LogP contribution in [0.4, 0.5) is 0 Å². The maximum atomic E-state index is 12.6. The molecule has 0 aliphatic carbocycles. The zero-order chi connectivity index (χ0) is 15.8. The van der Waals surface area contributed by atoms with Gasteiger partial charge in [0, 0.05) is 11.6 Å². The van der Waals surface area contributed by atoms with Crippen molar-refractivity contribution in [3.05, 3.63) is 82.5 Å². The van der Waals surface area contributed by atoms with Crippen LogP contribution >= 0.6 is 0 Å². The third-order valence-corrected chi connectivity index (χ3v) is 4.27. The second kappa shape index (κ2) is 5.40. The molecule has 0 radical (unpaired) electrons. The molecule has 3 aromatic carbocycles. The predicted octanol–water partition coefficient (Wildman–Crippen LogP) is 5.18. The van der Waals surface area contributed by atoms with E-state index in [9.17, 15) is 4.79 Å². The minimum atomic E-state index is -0.00221. The molecule has 0 atom stereocenters. The minimum Gasteiger partial charge on any atom is -0.456 e. The quantitative estimate of drug-likeness (QED) is 0.478. The minimum absolute atomic E-state index is 0.00221. The van der Waals surface area contributed by atoms with Crippen LogP contribution in [0.1, 0.15) is 12.5 Å². The van der Waals surface area contributed by atoms with Gasteiger partial charge in [0.15, 0.2) is 5.43 Å². The molecule has 0 amide bonds. The highest BCUT2D eigenvalue weighted by Crippen LogP contribution is 2.27. The van der Waals surface area contributed by atoms with Gasteiger partial charge in [-0.2, -0.15) is 0 Å². The Bertz CT molecular complexity index is 1060. The summed E-state index contributed by atoms with van der Waals surface area (Å²) in [7, 11) is 0. The summed E-state index contributed by atoms with van der Waals surface area (Å²) in [6.07, 6.45) is 0.994. The highest BCUT2D eigenvalue weighted by Gasteiger charge is 2.09. The Morgan fingerprint density at radius 3 is 2.48 bits per heavy atom. The van der Waals surface area contributed by atoms with Crippen molar-refractivity contribution in [1.29, 1.82) is 0 Å². The van der Waals surface area contributed by atoms with Gasteiger partial charge < -0.3 is 4.42 Å². The molecular weight excluding hydrogens is 284 g/mol. The first-order valence-corrected chi connectivity index (χ1v) is 7.81. The Balaban J connectivity index is 1.96. The number of rotatable bonds is 2. The lowest BCUT2D eigenvalue weighted by molar-refractivity contribution is 0.619. The maximum absolute atomic E-state index is 12.6. The summed E-state index contributed by atoms with van der Waals surface area (Å²) in [6.45, 7) is 2.12. The standard InChI is InChI=1S/C21H16O2/c1-2-14-7-9-16(10-8-14)20-13-18(22)21-17-6-4-3-5-15(17)11-12-19(21)23-20/h3-13H,2H2,1H3. The molecule has 112 valence electrons. The summed E-state index contributed by atoms with van der Waals surface area (Å²) in [4.78, 5) is 12.6. The lowest BCUT2D eigenvalue weighted by atomic mass is 10.0. The molecule has 0 unspecified atom stereocenters. The number of hydrogen-bond acceptors (Lipinski definition) is 2. The molecule has 0 aliphatic heterocycles. The van der Waals surface area contributed by atoms with E-state index in [4.69, 9.17) is 4.42 Å². The molecule has 1 aromatic heterocycles. The second-order valence-corrected chi connectivity index (χ2v) is 5.69. The van der Waals surface area contributed by atoms with Crippen molar-refractivity contribution < 1.29 is 4.42 Å². The molecule has 0 aliphatic rings. The molecule has 2 nitrogen and oxygen atoms in total. The van der Waals surface area contributed by atoms with Gasteiger partial charge in [-0.05, 0) is 28.8 Å². The molecule has 23 heavy (non-hydrogen) atoms. The van der Waals surface area contributed by atoms with E-state index in [2.05, 4.69) is 19.1 Å². The Morgan fingerprint density at radius 2 is 1.70 bits per heavy atom. The first-order chi connectivity index (χ1) is 11.3. The van der Waals surface area contributed by atoms with E-state index < -0.39 is 0 Å². The first kappa shape index (κ1) is 13.8. The van der Waals surface area contributed by atoms with Crippen molar-refractivity contribution in [1.82, 2.24) is 0 Å². The van der Waals surface area contributed by atoms with Gasteiger partial charge in [0.25, 0.3) is 0 Å². The molecular formula is C21H16O2. The first-order valence-electron chi connectivity index (χ1n) is 7.81. The van der Waals surface area contributed by atoms with Crippen LogP contribution in [0.2, 0.25) is 0 Å². The van der Waals surface area contributed by atoms with Gasteiger partial charge in [-0.3, -0.25) is 4.79 Å². The van der Waals surface area contributed by atoms with Gasteiger partial charge in [-0.1, -0.05) is 61.5 Å². The highest BCUT2D eigenvalue weighted by molar-refractivity contribution is 6.05. The molecule has 2 heteroatoms. The van der Waals surface area contributed by atoms with Crippen molar-refractivity contribution in [2.24, 2.45) is 0 Å². The zero-order valence-electron chi connectivity index (χ0n) is 12.9. The van der Waals surface area contributed by atoms with Gasteiger partial charge >= 0.3 is 0 Å². The van der Waals surface area contributed by atoms with E-state index in [-0.39, 0.29) is 5.43 Å². The monoisotopic (exact) mass is 300 g/mol. The van der Waals surface area contributed by atoms with E-state index >= 15 is 0 Å². The van der Waals surface area contributed by atoms with Crippen LogP contribution in [-0.2, 0) is 6.42 Å². The lowest BCUT2D eigenvalue weighted by Gasteiger charge is -2.06. The Kier molecular flexibility index (Phi) is 3.23. The molecule has 0 fully saturated rings. The van der Waals surface area contributed by atoms with Crippen molar-refractivity contribution in [2.45, 2.75) is 13.3 Å². The van der Waals surface area contributed by atoms with Crippen LogP contribution in [0.25, 0.3) is 33.1 Å². The third kappa shape index (κ3) is 2.33. The van der Waals surface area contributed by atoms with Crippen molar-refractivity contribution >= 4 is 21.7 Å². The van der Waals surface area contributed by atoms with Gasteiger partial charge in [0.05, 0.1) is 5.39 Å². The van der Waals surface area contributed by atoms with Crippen LogP contribution in [0.5, 0.6) is 0 Å². The second-order valence-electron chi connectivity index (χ2n) is 5.69. The van der Waals surface area contributed by atoms with Crippen molar-refractivity contribution in [2.75, 3.05) is 0 Å². The fourth-order valence-electron chi connectivity index (χ4n) is 2.98. The molecule has 0 saturated heterocycles. The SMILES string of the molecule is CCc1ccc(-c2cc(=O)c3c(ccc4ccccc43)o2)cc1. The average molecular weight is 300 g/mol. The van der Waals surface area contributed by atoms with Crippen LogP contribution in [-0.4, -0.2) is 0 Å². The molecule has 0 saturated carbocycles. The summed E-state index contributed by atoms with van der Waals surface area (Å²) in [5.41, 5.74) is 2.82. The average Bonchev–Trinajstić information content (AvgIpc) is 2.61. The van der Waals surface area contributed by atoms with Gasteiger partial charge in [0.1, 0.15) is 11.3 Å². The van der Waals surface area contributed by atoms with Crippen LogP contribution in [0, 0.1) is 0 Å². The summed E-state index contributed by atoms with van der Waals surface area (Å²) in [5.74, 6) is 0.612. The number of fused-ring (bicyclic) bond motifs is 3. The van der Waals surface area contributed by atoms with E-state index in [0.717, 1.165) is 22.8 Å². The van der Waals surface area contributed by atoms with E-state index in [1.807, 2.05) is 48.5 Å². The number of benzene rings is 3. The maximum Gasteiger partial charge on any atom is 0.193 e. The van der Waals surface area contributed by atoms with E-state index in [0.29, 0.717) is 16.7 Å². The highest BCUT2D eigenvalue weighted by atomic mass is 16.3. The molecule has 1 heterocycles. The number of aryl methyl sites for hydroxylation is 1. The Morgan fingerprint density at radius 1 is 0.913 bits per heavy atom. The van der Waals surface area contributed by atoms with Crippen LogP contribution < -0.4 is 5.43 Å². The number of hydrogen-bond donors (Lipinski definition) is 0. The lowest BCUT2D eigenvalue weighted by Crippen LogP contribution is -2.01. The van der Waals surface area contributed by atoms with Crippen LogP contribution in [0.15, 0.2) is 75.9 Å². The predicted molar refractivity (Wildman–Crippen MR) is 94.8 cm³/mol. The zero-order valence-corrected chi connectivity index (χ0v) is 12.9. The van der Waals surface area contributed by atoms with Crippen LogP contribution in [0.3, 0.4) is 0 Å². The molecule has 0 N–H and O–H groups in total. The summed E-state index contributed by atoms with van der Waals surface area (Å²) in [6, 6.07) is 21.5.